The number of aromatic nitrogens is 2. The first-order valence-electron chi connectivity index (χ1n) is 8.57. The van der Waals surface area contributed by atoms with E-state index < -0.39 is 0 Å². The molecule has 0 fully saturated rings. The highest BCUT2D eigenvalue weighted by molar-refractivity contribution is 5.92. The van der Waals surface area contributed by atoms with Gasteiger partial charge in [-0.15, -0.1) is 0 Å². The van der Waals surface area contributed by atoms with Gasteiger partial charge in [0.15, 0.2) is 0 Å². The van der Waals surface area contributed by atoms with Crippen molar-refractivity contribution in [2.24, 2.45) is 5.92 Å². The van der Waals surface area contributed by atoms with Gasteiger partial charge in [0.05, 0.1) is 12.6 Å². The third-order valence-corrected chi connectivity index (χ3v) is 4.31. The van der Waals surface area contributed by atoms with E-state index in [0.29, 0.717) is 44.3 Å². The summed E-state index contributed by atoms with van der Waals surface area (Å²) in [6.45, 7) is 8.46. The molecule has 2 rings (SSSR count). The Morgan fingerprint density at radius 3 is 2.83 bits per heavy atom. The van der Waals surface area contributed by atoms with Crippen molar-refractivity contribution < 1.29 is 14.3 Å². The largest absolute Gasteiger partial charge is 0.383 e. The lowest BCUT2D eigenvalue weighted by Crippen LogP contribution is -2.41. The maximum absolute atomic E-state index is 12.4. The molecule has 0 spiro atoms. The lowest BCUT2D eigenvalue weighted by molar-refractivity contribution is -0.134. The summed E-state index contributed by atoms with van der Waals surface area (Å²) in [5.41, 5.74) is 0.393. The van der Waals surface area contributed by atoms with Gasteiger partial charge in [0.2, 0.25) is 5.91 Å². The highest BCUT2D eigenvalue weighted by Gasteiger charge is 2.30. The van der Waals surface area contributed by atoms with Crippen LogP contribution in [0.5, 0.6) is 0 Å². The molecule has 7 heteroatoms. The lowest BCUT2D eigenvalue weighted by Gasteiger charge is -2.34. The molecule has 2 heterocycles. The van der Waals surface area contributed by atoms with Crippen LogP contribution in [0.25, 0.3) is 0 Å². The summed E-state index contributed by atoms with van der Waals surface area (Å²) in [6.07, 6.45) is 3.22. The molecule has 1 aliphatic heterocycles. The van der Waals surface area contributed by atoms with Crippen molar-refractivity contribution in [3.8, 4) is 0 Å². The molecule has 1 aliphatic rings. The number of ether oxygens (including phenoxy) is 1. The van der Waals surface area contributed by atoms with Gasteiger partial charge < -0.3 is 19.5 Å². The Kier molecular flexibility index (Phi) is 6.36. The Balaban J connectivity index is 2.03. The highest BCUT2D eigenvalue weighted by atomic mass is 16.5. The van der Waals surface area contributed by atoms with Gasteiger partial charge in [-0.05, 0) is 19.3 Å². The van der Waals surface area contributed by atoms with E-state index in [1.54, 1.807) is 13.3 Å². The molecule has 7 nitrogen and oxygen atoms in total. The summed E-state index contributed by atoms with van der Waals surface area (Å²) in [5, 5.41) is 2.77. The van der Waals surface area contributed by atoms with Crippen LogP contribution in [0, 0.1) is 5.92 Å². The van der Waals surface area contributed by atoms with Crippen molar-refractivity contribution in [3.05, 3.63) is 17.7 Å². The average molecular weight is 336 g/mol. The Hall–Kier alpha value is -1.89. The molecule has 0 aliphatic carbocycles. The molecule has 0 aromatic carbocycles. The second-order valence-electron chi connectivity index (χ2n) is 6.62. The minimum atomic E-state index is -0.209. The smallest absolute Gasteiger partial charge is 0.271 e. The molecule has 24 heavy (non-hydrogen) atoms. The van der Waals surface area contributed by atoms with Crippen molar-refractivity contribution in [2.75, 3.05) is 26.8 Å². The summed E-state index contributed by atoms with van der Waals surface area (Å²) in [5.74, 6) is 1.24. The van der Waals surface area contributed by atoms with Crippen molar-refractivity contribution in [2.45, 2.75) is 46.2 Å². The second kappa shape index (κ2) is 8.28. The number of carbonyl (C=O) groups excluding carboxylic acids is 2. The van der Waals surface area contributed by atoms with E-state index in [-0.39, 0.29) is 17.9 Å². The number of imidazole rings is 1. The van der Waals surface area contributed by atoms with Crippen LogP contribution in [0.4, 0.5) is 0 Å². The fraction of sp³-hybridized carbons (Fsp3) is 0.706. The number of methoxy groups -OCH3 is 1. The SMILES string of the molecule is COCCNC(=O)c1cn2c(n1)[C@@H](C)N(C(=O)CCC(C)C)CC2. The first kappa shape index (κ1) is 18.4. The second-order valence-corrected chi connectivity index (χ2v) is 6.62. The Morgan fingerprint density at radius 2 is 2.17 bits per heavy atom. The Labute approximate surface area is 143 Å². The van der Waals surface area contributed by atoms with E-state index in [1.165, 1.54) is 0 Å². The minimum Gasteiger partial charge on any atom is -0.383 e. The van der Waals surface area contributed by atoms with Crippen LogP contribution in [-0.4, -0.2) is 53.1 Å². The minimum absolute atomic E-state index is 0.112. The molecule has 1 N–H and O–H groups in total. The van der Waals surface area contributed by atoms with Crippen LogP contribution in [0.1, 0.15) is 56.0 Å². The lowest BCUT2D eigenvalue weighted by atomic mass is 10.1. The van der Waals surface area contributed by atoms with E-state index >= 15 is 0 Å². The maximum atomic E-state index is 12.4. The standard InChI is InChI=1S/C17H28N4O3/c1-12(2)5-6-15(22)21-9-8-20-11-14(19-16(20)13(21)3)17(23)18-7-10-24-4/h11-13H,5-10H2,1-4H3,(H,18,23)/t13-/m1/s1. The zero-order valence-corrected chi connectivity index (χ0v) is 15.0. The summed E-state index contributed by atoms with van der Waals surface area (Å²) in [7, 11) is 1.59. The van der Waals surface area contributed by atoms with Crippen LogP contribution in [0.15, 0.2) is 6.20 Å². The number of fused-ring (bicyclic) bond motifs is 1. The van der Waals surface area contributed by atoms with E-state index in [1.807, 2.05) is 16.4 Å². The Morgan fingerprint density at radius 1 is 1.42 bits per heavy atom. The molecule has 134 valence electrons. The molecule has 0 bridgehead atoms. The van der Waals surface area contributed by atoms with Crippen LogP contribution in [0.3, 0.4) is 0 Å². The third-order valence-electron chi connectivity index (χ3n) is 4.31. The van der Waals surface area contributed by atoms with Crippen molar-refractivity contribution in [1.82, 2.24) is 19.8 Å². The van der Waals surface area contributed by atoms with Crippen LogP contribution < -0.4 is 5.32 Å². The molecule has 0 radical (unpaired) electrons. The molecular weight excluding hydrogens is 308 g/mol. The Bertz CT molecular complexity index is 582. The van der Waals surface area contributed by atoms with Crippen LogP contribution in [0.2, 0.25) is 0 Å². The highest BCUT2D eigenvalue weighted by Crippen LogP contribution is 2.25. The fourth-order valence-corrected chi connectivity index (χ4v) is 2.85. The molecule has 2 amide bonds. The molecule has 0 saturated heterocycles. The average Bonchev–Trinajstić information content (AvgIpc) is 2.98. The molecular formula is C17H28N4O3. The predicted molar refractivity (Wildman–Crippen MR) is 90.6 cm³/mol. The number of nitrogens with zero attached hydrogens (tertiary/aromatic N) is 3. The summed E-state index contributed by atoms with van der Waals surface area (Å²) in [4.78, 5) is 30.9. The first-order chi connectivity index (χ1) is 11.4. The number of rotatable bonds is 7. The normalized spacial score (nSPS) is 17.0. The monoisotopic (exact) mass is 336 g/mol. The van der Waals surface area contributed by atoms with Crippen LogP contribution >= 0.6 is 0 Å². The van der Waals surface area contributed by atoms with Gasteiger partial charge in [-0.1, -0.05) is 13.8 Å². The van der Waals surface area contributed by atoms with E-state index in [9.17, 15) is 9.59 Å². The zero-order chi connectivity index (χ0) is 17.7. The number of carbonyl (C=O) groups is 2. The van der Waals surface area contributed by atoms with Gasteiger partial charge in [0.25, 0.3) is 5.91 Å². The number of nitrogens with one attached hydrogen (secondary N) is 1. The van der Waals surface area contributed by atoms with Gasteiger partial charge in [0, 0.05) is 39.4 Å². The summed E-state index contributed by atoms with van der Waals surface area (Å²) >= 11 is 0. The maximum Gasteiger partial charge on any atom is 0.271 e. The third kappa shape index (κ3) is 4.35. The van der Waals surface area contributed by atoms with Gasteiger partial charge in [0.1, 0.15) is 11.5 Å². The number of hydrogen-bond acceptors (Lipinski definition) is 4. The fourth-order valence-electron chi connectivity index (χ4n) is 2.85. The van der Waals surface area contributed by atoms with Crippen molar-refractivity contribution in [1.29, 1.82) is 0 Å². The van der Waals surface area contributed by atoms with Gasteiger partial charge in [-0.2, -0.15) is 0 Å². The molecule has 0 unspecified atom stereocenters. The topological polar surface area (TPSA) is 76.5 Å². The molecule has 1 aromatic heterocycles. The van der Waals surface area contributed by atoms with Gasteiger partial charge in [-0.3, -0.25) is 9.59 Å². The predicted octanol–water partition coefficient (Wildman–Crippen LogP) is 1.60. The van der Waals surface area contributed by atoms with Crippen LogP contribution in [-0.2, 0) is 16.1 Å². The first-order valence-corrected chi connectivity index (χ1v) is 8.57. The van der Waals surface area contributed by atoms with Crippen molar-refractivity contribution in [3.63, 3.8) is 0 Å². The summed E-state index contributed by atoms with van der Waals surface area (Å²) in [6, 6.07) is -0.112. The van der Waals surface area contributed by atoms with Crippen molar-refractivity contribution >= 4 is 11.8 Å². The number of amides is 2. The zero-order valence-electron chi connectivity index (χ0n) is 15.0. The quantitative estimate of drug-likeness (QED) is 0.767. The van der Waals surface area contributed by atoms with E-state index in [2.05, 4.69) is 24.1 Å². The van der Waals surface area contributed by atoms with Gasteiger partial charge >= 0.3 is 0 Å². The number of hydrogen-bond donors (Lipinski definition) is 1. The van der Waals surface area contributed by atoms with E-state index in [4.69, 9.17) is 4.74 Å². The summed E-state index contributed by atoms with van der Waals surface area (Å²) < 4.78 is 6.90. The van der Waals surface area contributed by atoms with E-state index in [0.717, 1.165) is 12.2 Å². The molecule has 1 aromatic rings. The molecule has 1 atom stereocenters. The van der Waals surface area contributed by atoms with Gasteiger partial charge in [-0.25, -0.2) is 4.98 Å². The molecule has 0 saturated carbocycles.